The average molecular weight is 404 g/mol. The van der Waals surface area contributed by atoms with Crippen LogP contribution in [0.15, 0.2) is 52.6 Å². The number of carbonyl (C=O) groups is 1. The molecule has 1 atom stereocenters. The molecule has 2 amide bonds. The molecule has 0 bridgehead atoms. The number of urea groups is 1. The number of nitrogens with two attached hydrogens (primary N) is 1. The van der Waals surface area contributed by atoms with Gasteiger partial charge in [0.15, 0.2) is 11.4 Å². The minimum absolute atomic E-state index is 0.0104. The van der Waals surface area contributed by atoms with Gasteiger partial charge in [-0.2, -0.15) is 0 Å². The SMILES string of the molecule is Cc1ccc([N+]2(C)N=CC(=Nc3ccc(N4CCCC4)cc3NC(N)=O)C2=N)cc1. The zero-order chi connectivity index (χ0) is 21.3. The number of primary amides is 1. The Bertz CT molecular complexity index is 1050. The van der Waals surface area contributed by atoms with E-state index in [-0.39, 0.29) is 10.4 Å². The van der Waals surface area contributed by atoms with Gasteiger partial charge < -0.3 is 16.0 Å². The van der Waals surface area contributed by atoms with Crippen LogP contribution in [0.5, 0.6) is 0 Å². The first-order chi connectivity index (χ1) is 14.4. The number of carbonyl (C=O) groups excluding carboxylic acids is 1. The number of rotatable bonds is 4. The molecule has 8 heteroatoms. The zero-order valence-electron chi connectivity index (χ0n) is 17.2. The fourth-order valence-corrected chi connectivity index (χ4v) is 3.78. The van der Waals surface area contributed by atoms with Gasteiger partial charge in [0.25, 0.3) is 5.84 Å². The quantitative estimate of drug-likeness (QED) is 0.675. The van der Waals surface area contributed by atoms with E-state index in [1.165, 1.54) is 0 Å². The van der Waals surface area contributed by atoms with Gasteiger partial charge in [-0.25, -0.2) is 15.2 Å². The summed E-state index contributed by atoms with van der Waals surface area (Å²) in [4.78, 5) is 18.5. The summed E-state index contributed by atoms with van der Waals surface area (Å²) >= 11 is 0. The number of hydrogen-bond acceptors (Lipinski definition) is 5. The number of aryl methyl sites for hydroxylation is 1. The molecule has 1 fully saturated rings. The molecule has 8 nitrogen and oxygen atoms in total. The highest BCUT2D eigenvalue weighted by Gasteiger charge is 2.40. The summed E-state index contributed by atoms with van der Waals surface area (Å²) in [6.45, 7) is 4.01. The van der Waals surface area contributed by atoms with Crippen molar-refractivity contribution in [3.63, 3.8) is 0 Å². The largest absolute Gasteiger partial charge is 0.371 e. The third kappa shape index (κ3) is 3.69. The zero-order valence-corrected chi connectivity index (χ0v) is 17.2. The molecular formula is C22H26N7O+. The van der Waals surface area contributed by atoms with Gasteiger partial charge in [-0.1, -0.05) is 22.8 Å². The fourth-order valence-electron chi connectivity index (χ4n) is 3.78. The Hall–Kier alpha value is -3.52. The van der Waals surface area contributed by atoms with Gasteiger partial charge in [-0.3, -0.25) is 0 Å². The van der Waals surface area contributed by atoms with Crippen LogP contribution in [0.2, 0.25) is 0 Å². The Labute approximate surface area is 175 Å². The maximum absolute atomic E-state index is 11.5. The van der Waals surface area contributed by atoms with Crippen LogP contribution in [0, 0.1) is 12.3 Å². The van der Waals surface area contributed by atoms with E-state index < -0.39 is 6.03 Å². The maximum atomic E-state index is 11.5. The number of nitrogens with zero attached hydrogens (tertiary/aromatic N) is 4. The molecule has 0 saturated carbocycles. The van der Waals surface area contributed by atoms with Gasteiger partial charge in [0.05, 0.1) is 11.4 Å². The topological polar surface area (TPSA) is 107 Å². The number of benzene rings is 2. The lowest BCUT2D eigenvalue weighted by atomic mass is 10.2. The van der Waals surface area contributed by atoms with Crippen LogP contribution >= 0.6 is 0 Å². The van der Waals surface area contributed by atoms with Crippen molar-refractivity contribution >= 4 is 46.5 Å². The molecule has 2 aromatic carbocycles. The molecule has 0 aliphatic carbocycles. The predicted octanol–water partition coefficient (Wildman–Crippen LogP) is 3.77. The molecule has 4 N–H and O–H groups in total. The third-order valence-corrected chi connectivity index (χ3v) is 5.58. The molecule has 2 aromatic rings. The van der Waals surface area contributed by atoms with E-state index in [0.717, 1.165) is 42.9 Å². The van der Waals surface area contributed by atoms with E-state index in [0.29, 0.717) is 17.1 Å². The van der Waals surface area contributed by atoms with Crippen molar-refractivity contribution in [2.45, 2.75) is 19.8 Å². The molecule has 2 aliphatic rings. The Morgan fingerprint density at radius 2 is 1.90 bits per heavy atom. The van der Waals surface area contributed by atoms with E-state index in [2.05, 4.69) is 20.3 Å². The Balaban J connectivity index is 1.67. The predicted molar refractivity (Wildman–Crippen MR) is 123 cm³/mol. The molecule has 2 heterocycles. The Kier molecular flexibility index (Phi) is 5.09. The number of amides is 2. The van der Waals surface area contributed by atoms with Crippen molar-refractivity contribution in [3.05, 3.63) is 48.0 Å². The number of aliphatic imine (C=N–C) groups is 1. The van der Waals surface area contributed by atoms with E-state index in [9.17, 15) is 4.79 Å². The van der Waals surface area contributed by atoms with Crippen LogP contribution in [0.25, 0.3) is 0 Å². The van der Waals surface area contributed by atoms with Crippen molar-refractivity contribution in [1.29, 1.82) is 5.41 Å². The van der Waals surface area contributed by atoms with Crippen LogP contribution in [0.4, 0.5) is 27.5 Å². The fraction of sp³-hybridized carbons (Fsp3) is 0.273. The molecule has 2 aliphatic heterocycles. The second-order valence-corrected chi connectivity index (χ2v) is 7.77. The number of quaternary nitrogens is 1. The monoisotopic (exact) mass is 404 g/mol. The van der Waals surface area contributed by atoms with Gasteiger partial charge in [-0.05, 0) is 38.0 Å². The minimum Gasteiger partial charge on any atom is -0.371 e. The van der Waals surface area contributed by atoms with E-state index in [4.69, 9.17) is 11.1 Å². The molecule has 30 heavy (non-hydrogen) atoms. The number of anilines is 2. The molecule has 0 aromatic heterocycles. The number of nitrogens with one attached hydrogen (secondary N) is 2. The summed E-state index contributed by atoms with van der Waals surface area (Å²) in [5, 5.41) is 15.9. The maximum Gasteiger partial charge on any atom is 0.316 e. The standard InChI is InChI=1S/C22H25N7O/c1-15-5-8-17(9-6-15)29(2)21(23)20(14-25-29)26-18-10-7-16(28-11-3-4-12-28)13-19(18)27-22(24)30/h5-10,13-14H,3-4,11-12H2,1-2H3,(H3-,23,24,25,27,30)/p+1. The summed E-state index contributed by atoms with van der Waals surface area (Å²) < 4.78 is -0.0104. The lowest BCUT2D eigenvalue weighted by Crippen LogP contribution is -2.44. The van der Waals surface area contributed by atoms with Crippen molar-refractivity contribution in [1.82, 2.24) is 4.59 Å². The lowest BCUT2D eigenvalue weighted by Gasteiger charge is -2.22. The highest BCUT2D eigenvalue weighted by molar-refractivity contribution is 6.65. The molecule has 1 saturated heterocycles. The third-order valence-electron chi connectivity index (χ3n) is 5.58. The Morgan fingerprint density at radius 1 is 1.20 bits per heavy atom. The van der Waals surface area contributed by atoms with E-state index in [1.54, 1.807) is 6.21 Å². The van der Waals surface area contributed by atoms with Gasteiger partial charge in [-0.15, -0.1) is 4.59 Å². The van der Waals surface area contributed by atoms with Crippen molar-refractivity contribution in [3.8, 4) is 0 Å². The van der Waals surface area contributed by atoms with Gasteiger partial charge in [0, 0.05) is 30.9 Å². The second-order valence-electron chi connectivity index (χ2n) is 7.77. The summed E-state index contributed by atoms with van der Waals surface area (Å²) in [5.41, 5.74) is 9.94. The first-order valence-corrected chi connectivity index (χ1v) is 10.00. The number of hydrogen-bond donors (Lipinski definition) is 3. The van der Waals surface area contributed by atoms with Gasteiger partial charge in [0.1, 0.15) is 13.3 Å². The van der Waals surface area contributed by atoms with Gasteiger partial charge >= 0.3 is 6.03 Å². The van der Waals surface area contributed by atoms with E-state index in [1.807, 2.05) is 56.4 Å². The molecule has 0 spiro atoms. The summed E-state index contributed by atoms with van der Waals surface area (Å²) in [5.74, 6) is 0.257. The molecule has 4 rings (SSSR count). The van der Waals surface area contributed by atoms with Crippen molar-refractivity contribution < 1.29 is 4.79 Å². The smallest absolute Gasteiger partial charge is 0.316 e. The number of amidine groups is 1. The van der Waals surface area contributed by atoms with Crippen LogP contribution in [0.3, 0.4) is 0 Å². The summed E-state index contributed by atoms with van der Waals surface area (Å²) in [6, 6.07) is 13.0. The van der Waals surface area contributed by atoms with Crippen LogP contribution < -0.4 is 20.5 Å². The second kappa shape index (κ2) is 7.72. The molecule has 0 radical (unpaired) electrons. The average Bonchev–Trinajstić information content (AvgIpc) is 3.34. The van der Waals surface area contributed by atoms with Crippen LogP contribution in [0.1, 0.15) is 18.4 Å². The van der Waals surface area contributed by atoms with Crippen LogP contribution in [-0.2, 0) is 0 Å². The van der Waals surface area contributed by atoms with Crippen molar-refractivity contribution in [2.24, 2.45) is 15.8 Å². The highest BCUT2D eigenvalue weighted by Crippen LogP contribution is 2.33. The highest BCUT2D eigenvalue weighted by atomic mass is 16.2. The molecule has 1 unspecified atom stereocenters. The van der Waals surface area contributed by atoms with Gasteiger partial charge in [0.2, 0.25) is 0 Å². The normalized spacial score (nSPS) is 22.1. The summed E-state index contributed by atoms with van der Waals surface area (Å²) in [7, 11) is 1.85. The lowest BCUT2D eigenvalue weighted by molar-refractivity contribution is 0.259. The first-order valence-electron chi connectivity index (χ1n) is 10.00. The minimum atomic E-state index is -0.648. The first kappa shape index (κ1) is 19.8. The van der Waals surface area contributed by atoms with Crippen molar-refractivity contribution in [2.75, 3.05) is 30.4 Å². The van der Waals surface area contributed by atoms with Crippen LogP contribution in [-0.4, -0.2) is 43.9 Å². The molecule has 154 valence electrons. The molecular weight excluding hydrogens is 378 g/mol. The Morgan fingerprint density at radius 3 is 2.57 bits per heavy atom. The summed E-state index contributed by atoms with van der Waals surface area (Å²) in [6.07, 6.45) is 3.92. The van der Waals surface area contributed by atoms with E-state index >= 15 is 0 Å².